The molecule has 3 heterocycles. The number of benzene rings is 1. The van der Waals surface area contributed by atoms with Crippen molar-refractivity contribution in [3.05, 3.63) is 53.3 Å². The molecule has 0 bridgehead atoms. The molecule has 7 nitrogen and oxygen atoms in total. The fourth-order valence-electron chi connectivity index (χ4n) is 5.82. The average molecular weight is 450 g/mol. The number of piperidine rings is 1. The highest BCUT2D eigenvalue weighted by Gasteiger charge is 2.48. The van der Waals surface area contributed by atoms with Crippen LogP contribution in [-0.4, -0.2) is 47.5 Å². The van der Waals surface area contributed by atoms with E-state index in [4.69, 9.17) is 0 Å². The molecule has 1 aromatic carbocycles. The van der Waals surface area contributed by atoms with Gasteiger partial charge in [0.05, 0.1) is 5.54 Å². The minimum Gasteiger partial charge on any atom is -0.347 e. The Labute approximate surface area is 195 Å². The first-order valence-electron chi connectivity index (χ1n) is 12.4. The van der Waals surface area contributed by atoms with Crippen LogP contribution < -0.4 is 16.0 Å². The van der Waals surface area contributed by atoms with Gasteiger partial charge in [0.25, 0.3) is 5.91 Å². The maximum Gasteiger partial charge on any atom is 0.268 e. The summed E-state index contributed by atoms with van der Waals surface area (Å²) in [5.74, 6) is 0.672. The van der Waals surface area contributed by atoms with E-state index in [9.17, 15) is 9.59 Å². The fourth-order valence-corrected chi connectivity index (χ4v) is 5.82. The van der Waals surface area contributed by atoms with Crippen molar-refractivity contribution in [1.82, 2.24) is 20.1 Å². The molecule has 1 saturated carbocycles. The summed E-state index contributed by atoms with van der Waals surface area (Å²) < 4.78 is 2.27. The molecule has 1 saturated heterocycles. The van der Waals surface area contributed by atoms with Crippen molar-refractivity contribution >= 4 is 17.5 Å². The molecule has 0 atom stereocenters. The second-order valence-corrected chi connectivity index (χ2v) is 9.84. The third kappa shape index (κ3) is 4.44. The van der Waals surface area contributed by atoms with Crippen LogP contribution >= 0.6 is 0 Å². The highest BCUT2D eigenvalue weighted by Crippen LogP contribution is 2.49. The van der Waals surface area contributed by atoms with Crippen molar-refractivity contribution in [3.63, 3.8) is 0 Å². The molecule has 0 unspecified atom stereocenters. The van der Waals surface area contributed by atoms with Gasteiger partial charge in [-0.3, -0.25) is 14.5 Å². The normalized spacial score (nSPS) is 20.2. The summed E-state index contributed by atoms with van der Waals surface area (Å²) in [5.41, 5.74) is 4.00. The summed E-state index contributed by atoms with van der Waals surface area (Å²) in [6.45, 7) is 7.33. The van der Waals surface area contributed by atoms with Crippen molar-refractivity contribution in [2.24, 2.45) is 5.92 Å². The van der Waals surface area contributed by atoms with E-state index in [1.54, 1.807) is 0 Å². The van der Waals surface area contributed by atoms with Gasteiger partial charge in [0.15, 0.2) is 0 Å². The number of nitrogens with one attached hydrogen (secondary N) is 3. The van der Waals surface area contributed by atoms with E-state index in [0.29, 0.717) is 6.54 Å². The zero-order chi connectivity index (χ0) is 22.8. The second-order valence-electron chi connectivity index (χ2n) is 9.84. The van der Waals surface area contributed by atoms with Crippen molar-refractivity contribution in [1.29, 1.82) is 0 Å². The van der Waals surface area contributed by atoms with Crippen LogP contribution in [0.25, 0.3) is 0 Å². The van der Waals surface area contributed by atoms with E-state index in [-0.39, 0.29) is 17.4 Å². The first-order valence-corrected chi connectivity index (χ1v) is 12.4. The van der Waals surface area contributed by atoms with Crippen LogP contribution in [0.4, 0.5) is 5.69 Å². The van der Waals surface area contributed by atoms with Gasteiger partial charge in [0.2, 0.25) is 5.91 Å². The van der Waals surface area contributed by atoms with Crippen molar-refractivity contribution in [2.45, 2.75) is 57.7 Å². The number of fused-ring (bicyclic) bond motifs is 2. The summed E-state index contributed by atoms with van der Waals surface area (Å²) in [4.78, 5) is 27.0. The van der Waals surface area contributed by atoms with Gasteiger partial charge in [-0.1, -0.05) is 12.1 Å². The predicted octanol–water partition coefficient (Wildman–Crippen LogP) is 3.07. The third-order valence-corrected chi connectivity index (χ3v) is 7.73. The van der Waals surface area contributed by atoms with Crippen LogP contribution in [-0.2, 0) is 23.4 Å². The second kappa shape index (κ2) is 9.31. The number of hydrogen-bond acceptors (Lipinski definition) is 4. The first kappa shape index (κ1) is 22.2. The Bertz CT molecular complexity index is 1000. The van der Waals surface area contributed by atoms with Crippen LogP contribution in [0.3, 0.4) is 0 Å². The molecule has 0 radical (unpaired) electrons. The van der Waals surface area contributed by atoms with Gasteiger partial charge in [-0.05, 0) is 80.9 Å². The molecule has 1 spiro atoms. The number of anilines is 1. The smallest absolute Gasteiger partial charge is 0.268 e. The number of carbonyl (C=O) groups excluding carboxylic acids is 2. The lowest BCUT2D eigenvalue weighted by atomic mass is 9.71. The maximum absolute atomic E-state index is 13.1. The van der Waals surface area contributed by atoms with E-state index in [2.05, 4.69) is 31.5 Å². The molecule has 1 aliphatic carbocycles. The fraction of sp³-hybridized carbons (Fsp3) is 0.538. The summed E-state index contributed by atoms with van der Waals surface area (Å²) in [6.07, 6.45) is 6.21. The Kier molecular flexibility index (Phi) is 6.25. The van der Waals surface area contributed by atoms with Gasteiger partial charge >= 0.3 is 0 Å². The van der Waals surface area contributed by atoms with E-state index in [0.717, 1.165) is 49.0 Å². The van der Waals surface area contributed by atoms with Crippen LogP contribution in [0.15, 0.2) is 36.4 Å². The molecular weight excluding hydrogens is 414 g/mol. The van der Waals surface area contributed by atoms with Gasteiger partial charge in [-0.15, -0.1) is 0 Å². The molecule has 5 rings (SSSR count). The van der Waals surface area contributed by atoms with E-state index in [1.165, 1.54) is 51.3 Å². The highest BCUT2D eigenvalue weighted by atomic mass is 16.2. The summed E-state index contributed by atoms with van der Waals surface area (Å²) in [5, 5.41) is 9.33. The average Bonchev–Trinajstić information content (AvgIpc) is 3.22. The minimum atomic E-state index is -0.0902. The zero-order valence-electron chi connectivity index (χ0n) is 19.5. The van der Waals surface area contributed by atoms with Crippen molar-refractivity contribution < 1.29 is 9.59 Å². The number of carbonyl (C=O) groups is 2. The van der Waals surface area contributed by atoms with Gasteiger partial charge in [-0.2, -0.15) is 0 Å². The van der Waals surface area contributed by atoms with Crippen molar-refractivity contribution in [3.8, 4) is 0 Å². The van der Waals surface area contributed by atoms with Gasteiger partial charge in [-0.25, -0.2) is 0 Å². The maximum atomic E-state index is 13.1. The summed E-state index contributed by atoms with van der Waals surface area (Å²) in [7, 11) is 0. The lowest BCUT2D eigenvalue weighted by Crippen LogP contribution is -2.58. The molecule has 2 amide bonds. The topological polar surface area (TPSA) is 78.4 Å². The lowest BCUT2D eigenvalue weighted by Gasteiger charge is -2.54. The molecule has 2 fully saturated rings. The van der Waals surface area contributed by atoms with E-state index in [1.807, 2.05) is 30.3 Å². The lowest BCUT2D eigenvalue weighted by molar-refractivity contribution is -0.114. The molecular formula is C26H35N5O2. The molecule has 2 aliphatic heterocycles. The third-order valence-electron chi connectivity index (χ3n) is 7.73. The largest absolute Gasteiger partial charge is 0.347 e. The molecule has 1 aromatic heterocycles. The molecule has 33 heavy (non-hydrogen) atoms. The molecule has 7 heteroatoms. The molecule has 2 aromatic rings. The van der Waals surface area contributed by atoms with Gasteiger partial charge < -0.3 is 20.5 Å². The minimum absolute atomic E-state index is 0.0199. The van der Waals surface area contributed by atoms with Crippen LogP contribution in [0.5, 0.6) is 0 Å². The van der Waals surface area contributed by atoms with Crippen LogP contribution in [0.2, 0.25) is 0 Å². The Morgan fingerprint density at radius 3 is 2.48 bits per heavy atom. The Morgan fingerprint density at radius 2 is 1.82 bits per heavy atom. The van der Waals surface area contributed by atoms with Crippen molar-refractivity contribution in [2.75, 3.05) is 31.5 Å². The van der Waals surface area contributed by atoms with Gasteiger partial charge in [0, 0.05) is 44.5 Å². The first-order chi connectivity index (χ1) is 16.0. The highest BCUT2D eigenvalue weighted by molar-refractivity contribution is 5.93. The summed E-state index contributed by atoms with van der Waals surface area (Å²) >= 11 is 0. The zero-order valence-corrected chi connectivity index (χ0v) is 19.5. The number of rotatable bonds is 6. The quantitative estimate of drug-likeness (QED) is 0.633. The SMILES string of the molecule is CC(=O)Nc1ccc(CNC(=O)c2ccc3n2CCN(CC2CCNCC2)C32CCC2)cc1. The molecule has 176 valence electrons. The monoisotopic (exact) mass is 449 g/mol. The molecule has 3 N–H and O–H groups in total. The standard InChI is InChI=1S/C26H35N5O2/c1-19(32)29-22-5-3-20(4-6-22)17-28-25(33)23-7-8-24-26(11-2-12-26)30(15-16-31(23)24)18-21-9-13-27-14-10-21/h3-8,21,27H,2,9-18H2,1H3,(H,28,33)(H,29,32). The summed E-state index contributed by atoms with van der Waals surface area (Å²) in [6, 6.07) is 11.8. The van der Waals surface area contributed by atoms with Gasteiger partial charge in [0.1, 0.15) is 5.69 Å². The van der Waals surface area contributed by atoms with E-state index < -0.39 is 0 Å². The number of amides is 2. The van der Waals surface area contributed by atoms with E-state index >= 15 is 0 Å². The molecule has 3 aliphatic rings. The Balaban J connectivity index is 1.25. The number of hydrogen-bond donors (Lipinski definition) is 3. The Hall–Kier alpha value is -2.64. The number of nitrogens with zero attached hydrogens (tertiary/aromatic N) is 2. The number of aromatic nitrogens is 1. The van der Waals surface area contributed by atoms with Crippen LogP contribution in [0.1, 0.15) is 60.8 Å². The Morgan fingerprint density at radius 1 is 1.06 bits per heavy atom. The predicted molar refractivity (Wildman–Crippen MR) is 129 cm³/mol. The van der Waals surface area contributed by atoms with Crippen LogP contribution in [0, 0.1) is 5.92 Å².